The Bertz CT molecular complexity index is 1140. The highest BCUT2D eigenvalue weighted by atomic mass is 16.4. The van der Waals surface area contributed by atoms with Crippen molar-refractivity contribution < 1.29 is 9.52 Å². The molecule has 0 aliphatic rings. The minimum atomic E-state index is -0.346. The molecule has 4 rings (SSSR count). The highest BCUT2D eigenvalue weighted by Gasteiger charge is 2.13. The lowest BCUT2D eigenvalue weighted by atomic mass is 9.92. The van der Waals surface area contributed by atoms with Crippen LogP contribution >= 0.6 is 0 Å². The lowest BCUT2D eigenvalue weighted by Crippen LogP contribution is -2.00. The first-order chi connectivity index (χ1) is 13.2. The molecule has 0 atom stereocenters. The second-order valence-electron chi connectivity index (χ2n) is 6.63. The van der Waals surface area contributed by atoms with Crippen LogP contribution in [0.4, 0.5) is 0 Å². The van der Waals surface area contributed by atoms with Crippen LogP contribution < -0.4 is 5.63 Å². The zero-order chi connectivity index (χ0) is 18.8. The maximum atomic E-state index is 12.1. The highest BCUT2D eigenvalue weighted by Crippen LogP contribution is 2.35. The lowest BCUT2D eigenvalue weighted by molar-refractivity contribution is 0.299. The molecule has 0 saturated carbocycles. The van der Waals surface area contributed by atoms with E-state index in [9.17, 15) is 4.79 Å². The van der Waals surface area contributed by atoms with Crippen molar-refractivity contribution >= 4 is 11.0 Å². The summed E-state index contributed by atoms with van der Waals surface area (Å²) < 4.78 is 5.46. The topological polar surface area (TPSA) is 50.4 Å². The third-order valence-electron chi connectivity index (χ3n) is 4.92. The molecular formula is C24H20O3. The van der Waals surface area contributed by atoms with Crippen molar-refractivity contribution in [2.75, 3.05) is 6.61 Å². The van der Waals surface area contributed by atoms with E-state index in [1.807, 2.05) is 54.6 Å². The van der Waals surface area contributed by atoms with Gasteiger partial charge in [0.05, 0.1) is 0 Å². The van der Waals surface area contributed by atoms with E-state index in [2.05, 4.69) is 19.1 Å². The molecule has 0 amide bonds. The summed E-state index contributed by atoms with van der Waals surface area (Å²) in [6.07, 6.45) is 0.653. The molecule has 0 unspecified atom stereocenters. The van der Waals surface area contributed by atoms with Crippen LogP contribution in [-0.2, 0) is 6.42 Å². The quantitative estimate of drug-likeness (QED) is 0.525. The molecule has 0 saturated heterocycles. The molecule has 1 N–H and O–H groups in total. The summed E-state index contributed by atoms with van der Waals surface area (Å²) in [6.45, 7) is 2.21. The molecule has 3 heteroatoms. The SMILES string of the molecule is Cc1c(-c2ccc(CCO)cc2)ccc2oc(=O)cc(-c3ccccc3)c12. The van der Waals surface area contributed by atoms with E-state index in [1.165, 1.54) is 0 Å². The van der Waals surface area contributed by atoms with Gasteiger partial charge in [0.15, 0.2) is 0 Å². The van der Waals surface area contributed by atoms with Crippen molar-refractivity contribution in [3.8, 4) is 22.3 Å². The third-order valence-corrected chi connectivity index (χ3v) is 4.92. The molecule has 0 bridgehead atoms. The van der Waals surface area contributed by atoms with E-state index in [0.29, 0.717) is 12.0 Å². The zero-order valence-electron chi connectivity index (χ0n) is 15.1. The number of hydrogen-bond donors (Lipinski definition) is 1. The second kappa shape index (κ2) is 7.22. The van der Waals surface area contributed by atoms with Gasteiger partial charge in [0.2, 0.25) is 0 Å². The summed E-state index contributed by atoms with van der Waals surface area (Å²) in [5.41, 5.74) is 6.51. The van der Waals surface area contributed by atoms with E-state index in [4.69, 9.17) is 9.52 Å². The van der Waals surface area contributed by atoms with Crippen LogP contribution in [0.3, 0.4) is 0 Å². The normalized spacial score (nSPS) is 11.0. The molecule has 0 radical (unpaired) electrons. The largest absolute Gasteiger partial charge is 0.423 e. The molecule has 134 valence electrons. The van der Waals surface area contributed by atoms with Crippen molar-refractivity contribution in [2.45, 2.75) is 13.3 Å². The van der Waals surface area contributed by atoms with E-state index < -0.39 is 0 Å². The number of aryl methyl sites for hydroxylation is 1. The highest BCUT2D eigenvalue weighted by molar-refractivity contribution is 5.99. The Morgan fingerprint density at radius 3 is 2.26 bits per heavy atom. The van der Waals surface area contributed by atoms with Gasteiger partial charge in [-0.2, -0.15) is 0 Å². The lowest BCUT2D eigenvalue weighted by Gasteiger charge is -2.13. The fraction of sp³-hybridized carbons (Fsp3) is 0.125. The monoisotopic (exact) mass is 356 g/mol. The Morgan fingerprint density at radius 1 is 0.852 bits per heavy atom. The standard InChI is InChI=1S/C24H20O3/c1-16-20(19-9-7-17(8-10-19)13-14-25)11-12-22-24(16)21(15-23(26)27-22)18-5-3-2-4-6-18/h2-12,15,25H,13-14H2,1H3. The van der Waals surface area contributed by atoms with Crippen LogP contribution in [-0.4, -0.2) is 11.7 Å². The Hall–Kier alpha value is -3.17. The van der Waals surface area contributed by atoms with Gasteiger partial charge in [0.25, 0.3) is 0 Å². The van der Waals surface area contributed by atoms with Gasteiger partial charge in [-0.3, -0.25) is 0 Å². The number of benzene rings is 3. The van der Waals surface area contributed by atoms with Crippen LogP contribution in [0.15, 0.2) is 82.0 Å². The summed E-state index contributed by atoms with van der Waals surface area (Å²) >= 11 is 0. The van der Waals surface area contributed by atoms with Gasteiger partial charge in [-0.25, -0.2) is 4.79 Å². The zero-order valence-corrected chi connectivity index (χ0v) is 15.1. The van der Waals surface area contributed by atoms with E-state index in [1.54, 1.807) is 6.07 Å². The molecule has 3 aromatic carbocycles. The van der Waals surface area contributed by atoms with E-state index in [-0.39, 0.29) is 12.2 Å². The molecule has 0 aliphatic heterocycles. The van der Waals surface area contributed by atoms with Crippen LogP contribution in [0.5, 0.6) is 0 Å². The minimum absolute atomic E-state index is 0.147. The van der Waals surface area contributed by atoms with Crippen molar-refractivity contribution in [1.82, 2.24) is 0 Å². The fourth-order valence-electron chi connectivity index (χ4n) is 3.57. The van der Waals surface area contributed by atoms with Gasteiger partial charge < -0.3 is 9.52 Å². The maximum Gasteiger partial charge on any atom is 0.336 e. The molecule has 0 fully saturated rings. The van der Waals surface area contributed by atoms with E-state index in [0.717, 1.165) is 38.8 Å². The molecular weight excluding hydrogens is 336 g/mol. The first-order valence-electron chi connectivity index (χ1n) is 9.00. The van der Waals surface area contributed by atoms with Crippen LogP contribution in [0.1, 0.15) is 11.1 Å². The number of aliphatic hydroxyl groups excluding tert-OH is 1. The predicted molar refractivity (Wildman–Crippen MR) is 109 cm³/mol. The third kappa shape index (κ3) is 3.29. The molecule has 27 heavy (non-hydrogen) atoms. The molecule has 0 aliphatic carbocycles. The second-order valence-corrected chi connectivity index (χ2v) is 6.63. The molecule has 0 spiro atoms. The van der Waals surface area contributed by atoms with Gasteiger partial charge in [-0.05, 0) is 47.2 Å². The van der Waals surface area contributed by atoms with Crippen LogP contribution in [0.25, 0.3) is 33.2 Å². The first kappa shape index (κ1) is 17.3. The Morgan fingerprint density at radius 2 is 1.56 bits per heavy atom. The number of fused-ring (bicyclic) bond motifs is 1. The maximum absolute atomic E-state index is 12.1. The number of aliphatic hydroxyl groups is 1. The summed E-state index contributed by atoms with van der Waals surface area (Å²) in [4.78, 5) is 12.1. The Balaban J connectivity index is 1.93. The fourth-order valence-corrected chi connectivity index (χ4v) is 3.57. The van der Waals surface area contributed by atoms with Crippen molar-refractivity contribution in [3.05, 3.63) is 94.3 Å². The summed E-state index contributed by atoms with van der Waals surface area (Å²) in [7, 11) is 0. The van der Waals surface area contributed by atoms with Gasteiger partial charge in [0.1, 0.15) is 5.58 Å². The summed E-state index contributed by atoms with van der Waals surface area (Å²) in [5, 5.41) is 10.0. The smallest absolute Gasteiger partial charge is 0.336 e. The van der Waals surface area contributed by atoms with Crippen LogP contribution in [0, 0.1) is 6.92 Å². The van der Waals surface area contributed by atoms with Gasteiger partial charge >= 0.3 is 5.63 Å². The Labute approximate surface area is 157 Å². The predicted octanol–water partition coefficient (Wildman–Crippen LogP) is 4.97. The van der Waals surface area contributed by atoms with Crippen LogP contribution in [0.2, 0.25) is 0 Å². The molecule has 3 nitrogen and oxygen atoms in total. The average molecular weight is 356 g/mol. The molecule has 1 aromatic heterocycles. The van der Waals surface area contributed by atoms with Crippen molar-refractivity contribution in [2.24, 2.45) is 0 Å². The van der Waals surface area contributed by atoms with Crippen molar-refractivity contribution in [3.63, 3.8) is 0 Å². The van der Waals surface area contributed by atoms with E-state index >= 15 is 0 Å². The van der Waals surface area contributed by atoms with Gasteiger partial charge in [-0.1, -0.05) is 60.7 Å². The number of rotatable bonds is 4. The van der Waals surface area contributed by atoms with Gasteiger partial charge in [0, 0.05) is 23.6 Å². The first-order valence-corrected chi connectivity index (χ1v) is 9.00. The average Bonchev–Trinajstić information content (AvgIpc) is 2.69. The molecule has 1 heterocycles. The summed E-state index contributed by atoms with van der Waals surface area (Å²) in [5.74, 6) is 0. The number of hydrogen-bond acceptors (Lipinski definition) is 3. The van der Waals surface area contributed by atoms with Crippen molar-refractivity contribution in [1.29, 1.82) is 0 Å². The molecule has 4 aromatic rings. The Kier molecular flexibility index (Phi) is 4.61. The minimum Gasteiger partial charge on any atom is -0.423 e. The summed E-state index contributed by atoms with van der Waals surface area (Å²) in [6, 6.07) is 23.6. The van der Waals surface area contributed by atoms with Gasteiger partial charge in [-0.15, -0.1) is 0 Å².